The number of benzene rings is 3. The van der Waals surface area contributed by atoms with Crippen molar-refractivity contribution in [2.24, 2.45) is 0 Å². The van der Waals surface area contributed by atoms with E-state index in [4.69, 9.17) is 0 Å². The average Bonchev–Trinajstić information content (AvgIpc) is 3.26. The molecule has 0 atom stereocenters. The lowest BCUT2D eigenvalue weighted by molar-refractivity contribution is 0.0947. The highest BCUT2D eigenvalue weighted by atomic mass is 19.1. The zero-order valence-electron chi connectivity index (χ0n) is 17.6. The van der Waals surface area contributed by atoms with Gasteiger partial charge in [-0.25, -0.2) is 9.07 Å². The summed E-state index contributed by atoms with van der Waals surface area (Å²) in [4.78, 5) is 25.1. The minimum absolute atomic E-state index is 0.127. The van der Waals surface area contributed by atoms with Gasteiger partial charge < -0.3 is 10.6 Å². The SMILES string of the molecule is CCCNC(=O)c1cccc(CNC(=O)c2cccc3c2cnn3-c2ccc(F)cc2)c1. The van der Waals surface area contributed by atoms with Gasteiger partial charge in [-0.3, -0.25) is 9.59 Å². The van der Waals surface area contributed by atoms with Crippen molar-refractivity contribution in [1.82, 2.24) is 20.4 Å². The standard InChI is InChI=1S/C25H23FN4O2/c1-2-13-27-24(31)18-6-3-5-17(14-18)15-28-25(32)21-7-4-8-23-22(21)16-29-30(23)20-11-9-19(26)10-12-20/h3-12,14,16H,2,13,15H2,1H3,(H,27,31)(H,28,32). The number of amides is 2. The van der Waals surface area contributed by atoms with Gasteiger partial charge in [0.15, 0.2) is 0 Å². The number of carbonyl (C=O) groups is 2. The largest absolute Gasteiger partial charge is 0.352 e. The molecule has 32 heavy (non-hydrogen) atoms. The molecule has 4 rings (SSSR count). The Kier molecular flexibility index (Phi) is 6.26. The number of carbonyl (C=O) groups excluding carboxylic acids is 2. The molecule has 0 spiro atoms. The maximum Gasteiger partial charge on any atom is 0.252 e. The fourth-order valence-corrected chi connectivity index (χ4v) is 3.48. The van der Waals surface area contributed by atoms with Crippen LogP contribution in [0, 0.1) is 5.82 Å². The Morgan fingerprint density at radius 1 is 0.969 bits per heavy atom. The summed E-state index contributed by atoms with van der Waals surface area (Å²) in [5.41, 5.74) is 3.34. The third-order valence-corrected chi connectivity index (χ3v) is 5.11. The minimum atomic E-state index is -0.322. The van der Waals surface area contributed by atoms with Gasteiger partial charge in [-0.15, -0.1) is 0 Å². The Labute approximate surface area is 185 Å². The van der Waals surface area contributed by atoms with E-state index in [1.165, 1.54) is 12.1 Å². The van der Waals surface area contributed by atoms with Crippen LogP contribution in [0.4, 0.5) is 4.39 Å². The van der Waals surface area contributed by atoms with Crippen LogP contribution in [0.15, 0.2) is 72.9 Å². The molecule has 7 heteroatoms. The van der Waals surface area contributed by atoms with E-state index in [1.807, 2.05) is 19.1 Å². The van der Waals surface area contributed by atoms with Crippen molar-refractivity contribution in [1.29, 1.82) is 0 Å². The van der Waals surface area contributed by atoms with Gasteiger partial charge in [0.25, 0.3) is 11.8 Å². The first-order chi connectivity index (χ1) is 15.6. The van der Waals surface area contributed by atoms with E-state index in [9.17, 15) is 14.0 Å². The molecule has 0 aliphatic rings. The molecule has 2 N–H and O–H groups in total. The number of hydrogen-bond acceptors (Lipinski definition) is 3. The number of hydrogen-bond donors (Lipinski definition) is 2. The molecule has 0 unspecified atom stereocenters. The summed E-state index contributed by atoms with van der Waals surface area (Å²) in [5.74, 6) is -0.690. The summed E-state index contributed by atoms with van der Waals surface area (Å²) < 4.78 is 14.9. The van der Waals surface area contributed by atoms with E-state index in [1.54, 1.807) is 53.3 Å². The number of aromatic nitrogens is 2. The van der Waals surface area contributed by atoms with E-state index >= 15 is 0 Å². The molecule has 1 aromatic heterocycles. The van der Waals surface area contributed by atoms with Crippen LogP contribution in [-0.2, 0) is 6.54 Å². The van der Waals surface area contributed by atoms with Crippen molar-refractivity contribution < 1.29 is 14.0 Å². The monoisotopic (exact) mass is 430 g/mol. The van der Waals surface area contributed by atoms with Crippen molar-refractivity contribution in [2.75, 3.05) is 6.54 Å². The van der Waals surface area contributed by atoms with E-state index < -0.39 is 0 Å². The van der Waals surface area contributed by atoms with Gasteiger partial charge in [-0.1, -0.05) is 25.1 Å². The van der Waals surface area contributed by atoms with Crippen LogP contribution in [0.2, 0.25) is 0 Å². The lowest BCUT2D eigenvalue weighted by Crippen LogP contribution is -2.25. The van der Waals surface area contributed by atoms with Gasteiger partial charge in [-0.2, -0.15) is 5.10 Å². The molecule has 0 aliphatic carbocycles. The van der Waals surface area contributed by atoms with E-state index in [0.29, 0.717) is 28.7 Å². The first kappa shape index (κ1) is 21.2. The Balaban J connectivity index is 1.51. The molecule has 6 nitrogen and oxygen atoms in total. The maximum absolute atomic E-state index is 13.3. The number of halogens is 1. The number of fused-ring (bicyclic) bond motifs is 1. The summed E-state index contributed by atoms with van der Waals surface area (Å²) >= 11 is 0. The smallest absolute Gasteiger partial charge is 0.252 e. The summed E-state index contributed by atoms with van der Waals surface area (Å²) in [7, 11) is 0. The number of nitrogens with one attached hydrogen (secondary N) is 2. The molecule has 0 fully saturated rings. The average molecular weight is 430 g/mol. The third kappa shape index (κ3) is 4.51. The highest BCUT2D eigenvalue weighted by molar-refractivity contribution is 6.06. The van der Waals surface area contributed by atoms with Gasteiger partial charge in [-0.05, 0) is 60.5 Å². The Bertz CT molecular complexity index is 1260. The van der Waals surface area contributed by atoms with Crippen LogP contribution < -0.4 is 10.6 Å². The normalized spacial score (nSPS) is 10.8. The zero-order chi connectivity index (χ0) is 22.5. The van der Waals surface area contributed by atoms with E-state index in [0.717, 1.165) is 17.5 Å². The van der Waals surface area contributed by atoms with Crippen LogP contribution in [0.1, 0.15) is 39.6 Å². The van der Waals surface area contributed by atoms with Gasteiger partial charge in [0, 0.05) is 24.0 Å². The lowest BCUT2D eigenvalue weighted by Gasteiger charge is -2.09. The summed E-state index contributed by atoms with van der Waals surface area (Å²) in [6.45, 7) is 2.90. The Morgan fingerprint density at radius 3 is 2.53 bits per heavy atom. The van der Waals surface area contributed by atoms with E-state index in [2.05, 4.69) is 15.7 Å². The fourth-order valence-electron chi connectivity index (χ4n) is 3.48. The van der Waals surface area contributed by atoms with Crippen LogP contribution in [-0.4, -0.2) is 28.1 Å². The second kappa shape index (κ2) is 9.43. The maximum atomic E-state index is 13.3. The molecule has 162 valence electrons. The Hall–Kier alpha value is -4.00. The van der Waals surface area contributed by atoms with Gasteiger partial charge in [0.1, 0.15) is 5.82 Å². The molecular weight excluding hydrogens is 407 g/mol. The first-order valence-electron chi connectivity index (χ1n) is 10.4. The number of nitrogens with zero attached hydrogens (tertiary/aromatic N) is 2. The second-order valence-electron chi connectivity index (χ2n) is 7.41. The third-order valence-electron chi connectivity index (χ3n) is 5.11. The molecule has 0 bridgehead atoms. The first-order valence-corrected chi connectivity index (χ1v) is 10.4. The molecule has 0 saturated heterocycles. The molecule has 1 heterocycles. The predicted octanol–water partition coefficient (Wildman–Crippen LogP) is 4.23. The molecule has 0 radical (unpaired) electrons. The summed E-state index contributed by atoms with van der Waals surface area (Å²) in [5, 5.41) is 10.8. The van der Waals surface area contributed by atoms with Crippen molar-refractivity contribution in [3.63, 3.8) is 0 Å². The van der Waals surface area contributed by atoms with Gasteiger partial charge in [0.2, 0.25) is 0 Å². The molecular formula is C25H23FN4O2. The zero-order valence-corrected chi connectivity index (χ0v) is 17.6. The summed E-state index contributed by atoms with van der Waals surface area (Å²) in [6, 6.07) is 18.6. The molecule has 4 aromatic rings. The fraction of sp³-hybridized carbons (Fsp3) is 0.160. The summed E-state index contributed by atoms with van der Waals surface area (Å²) in [6.07, 6.45) is 2.50. The van der Waals surface area contributed by atoms with E-state index in [-0.39, 0.29) is 24.2 Å². The van der Waals surface area contributed by atoms with Crippen molar-refractivity contribution in [3.05, 3.63) is 95.4 Å². The van der Waals surface area contributed by atoms with Crippen molar-refractivity contribution >= 4 is 22.7 Å². The van der Waals surface area contributed by atoms with Crippen LogP contribution in [0.25, 0.3) is 16.6 Å². The minimum Gasteiger partial charge on any atom is -0.352 e. The van der Waals surface area contributed by atoms with Crippen LogP contribution >= 0.6 is 0 Å². The van der Waals surface area contributed by atoms with Crippen molar-refractivity contribution in [3.8, 4) is 5.69 Å². The topological polar surface area (TPSA) is 76.0 Å². The lowest BCUT2D eigenvalue weighted by atomic mass is 10.1. The quantitative estimate of drug-likeness (QED) is 0.461. The highest BCUT2D eigenvalue weighted by Crippen LogP contribution is 2.22. The van der Waals surface area contributed by atoms with Gasteiger partial charge in [0.05, 0.1) is 23.0 Å². The molecule has 0 aliphatic heterocycles. The van der Waals surface area contributed by atoms with Gasteiger partial charge >= 0.3 is 0 Å². The predicted molar refractivity (Wildman–Crippen MR) is 121 cm³/mol. The highest BCUT2D eigenvalue weighted by Gasteiger charge is 2.14. The number of rotatable bonds is 7. The molecule has 0 saturated carbocycles. The second-order valence-corrected chi connectivity index (χ2v) is 7.41. The Morgan fingerprint density at radius 2 is 1.75 bits per heavy atom. The van der Waals surface area contributed by atoms with Crippen LogP contribution in [0.3, 0.4) is 0 Å². The molecule has 2 amide bonds. The van der Waals surface area contributed by atoms with Crippen LogP contribution in [0.5, 0.6) is 0 Å². The van der Waals surface area contributed by atoms with Crippen molar-refractivity contribution in [2.45, 2.75) is 19.9 Å². The molecule has 3 aromatic carbocycles.